The Morgan fingerprint density at radius 3 is 2.63 bits per heavy atom. The lowest BCUT2D eigenvalue weighted by molar-refractivity contribution is -0.117. The molecule has 0 saturated heterocycles. The highest BCUT2D eigenvalue weighted by Crippen LogP contribution is 2.33. The van der Waals surface area contributed by atoms with Gasteiger partial charge in [0.15, 0.2) is 0 Å². The summed E-state index contributed by atoms with van der Waals surface area (Å²) in [7, 11) is 4.75. The number of carbonyl (C=O) groups is 2. The number of carbonyl (C=O) groups excluding carboxylic acids is 2. The third-order valence-electron chi connectivity index (χ3n) is 6.54. The van der Waals surface area contributed by atoms with Crippen LogP contribution in [0.3, 0.4) is 0 Å². The van der Waals surface area contributed by atoms with Gasteiger partial charge in [-0.1, -0.05) is 12.5 Å². The van der Waals surface area contributed by atoms with Crippen molar-refractivity contribution in [3.05, 3.63) is 53.8 Å². The van der Waals surface area contributed by atoms with Crippen LogP contribution in [-0.2, 0) is 11.8 Å². The third kappa shape index (κ3) is 5.37. The van der Waals surface area contributed by atoms with Crippen molar-refractivity contribution in [2.45, 2.75) is 25.7 Å². The van der Waals surface area contributed by atoms with Gasteiger partial charge in [-0.3, -0.25) is 14.6 Å². The van der Waals surface area contributed by atoms with Gasteiger partial charge in [-0.05, 0) is 37.0 Å². The van der Waals surface area contributed by atoms with Gasteiger partial charge in [0, 0.05) is 24.4 Å². The van der Waals surface area contributed by atoms with Gasteiger partial charge >= 0.3 is 0 Å². The predicted octanol–water partition coefficient (Wildman–Crippen LogP) is 5.00. The van der Waals surface area contributed by atoms with E-state index in [1.807, 2.05) is 11.4 Å². The van der Waals surface area contributed by atoms with Crippen LogP contribution in [-0.4, -0.2) is 45.8 Å². The van der Waals surface area contributed by atoms with Gasteiger partial charge in [0.25, 0.3) is 5.91 Å². The maximum absolute atomic E-state index is 13.0. The Kier molecular flexibility index (Phi) is 7.36. The van der Waals surface area contributed by atoms with Crippen LogP contribution in [0.25, 0.3) is 21.8 Å². The number of methoxy groups -OCH3 is 2. The lowest BCUT2D eigenvalue weighted by atomic mass is 9.83. The van der Waals surface area contributed by atoms with Crippen LogP contribution >= 0.6 is 11.3 Å². The van der Waals surface area contributed by atoms with E-state index in [-0.39, 0.29) is 11.8 Å². The molecule has 1 aliphatic carbocycles. The summed E-state index contributed by atoms with van der Waals surface area (Å²) < 4.78 is 12.3. The lowest BCUT2D eigenvalue weighted by Gasteiger charge is -2.24. The predicted molar refractivity (Wildman–Crippen MR) is 146 cm³/mol. The monoisotopic (exact) mass is 532 g/mol. The minimum absolute atomic E-state index is 0.0528. The van der Waals surface area contributed by atoms with Crippen molar-refractivity contribution in [3.63, 3.8) is 0 Å². The van der Waals surface area contributed by atoms with Crippen LogP contribution in [0.1, 0.15) is 36.0 Å². The topological polar surface area (TPSA) is 120 Å². The van der Waals surface area contributed by atoms with E-state index < -0.39 is 0 Å². The molecule has 0 radical (unpaired) electrons. The van der Waals surface area contributed by atoms with Crippen LogP contribution in [0.5, 0.6) is 11.6 Å². The molecule has 3 aromatic heterocycles. The van der Waals surface area contributed by atoms with Gasteiger partial charge < -0.3 is 20.1 Å². The molecule has 1 fully saturated rings. The standard InChI is InChI=1S/C27H28N6O4S/c1-33-27(37-3)22(14-29-33)32-26(35)19-8-7-17(10-23(19)36-2)20-12-28-13-21(31-20)24-11-18(15-38-24)30-25(34)9-16-5-4-6-16/h7-8,10-16H,4-6,9H2,1-3H3,(H,30,34)(H,32,35). The maximum Gasteiger partial charge on any atom is 0.259 e. The number of nitrogens with one attached hydrogen (secondary N) is 2. The fourth-order valence-corrected chi connectivity index (χ4v) is 5.11. The van der Waals surface area contributed by atoms with E-state index in [1.54, 1.807) is 37.6 Å². The molecule has 2 amide bonds. The zero-order chi connectivity index (χ0) is 26.6. The number of ether oxygens (including phenoxy) is 2. The van der Waals surface area contributed by atoms with Crippen LogP contribution < -0.4 is 20.1 Å². The summed E-state index contributed by atoms with van der Waals surface area (Å²) in [6.07, 6.45) is 8.95. The van der Waals surface area contributed by atoms with E-state index in [2.05, 4.69) is 20.7 Å². The first kappa shape index (κ1) is 25.4. The number of nitrogens with zero attached hydrogens (tertiary/aromatic N) is 4. The van der Waals surface area contributed by atoms with Gasteiger partial charge in [0.2, 0.25) is 11.8 Å². The molecule has 0 unspecified atom stereocenters. The van der Waals surface area contributed by atoms with Gasteiger partial charge in [0.1, 0.15) is 11.4 Å². The van der Waals surface area contributed by atoms with Crippen LogP contribution in [0.2, 0.25) is 0 Å². The number of thiophene rings is 1. The molecule has 1 saturated carbocycles. The number of hydrogen-bond donors (Lipinski definition) is 2. The quantitative estimate of drug-likeness (QED) is 0.311. The fraction of sp³-hybridized carbons (Fsp3) is 0.296. The molecular weight excluding hydrogens is 504 g/mol. The number of aromatic nitrogens is 4. The highest BCUT2D eigenvalue weighted by molar-refractivity contribution is 7.14. The smallest absolute Gasteiger partial charge is 0.259 e. The van der Waals surface area contributed by atoms with Crippen molar-refractivity contribution in [1.29, 1.82) is 0 Å². The van der Waals surface area contributed by atoms with E-state index >= 15 is 0 Å². The van der Waals surface area contributed by atoms with Gasteiger partial charge in [-0.2, -0.15) is 5.10 Å². The second kappa shape index (κ2) is 11.0. The van der Waals surface area contributed by atoms with E-state index in [9.17, 15) is 9.59 Å². The highest BCUT2D eigenvalue weighted by Gasteiger charge is 2.21. The summed E-state index contributed by atoms with van der Waals surface area (Å²) in [6, 6.07) is 7.15. The number of amides is 2. The van der Waals surface area contributed by atoms with Crippen molar-refractivity contribution >= 4 is 34.5 Å². The molecule has 3 heterocycles. The molecule has 1 aliphatic rings. The Hall–Kier alpha value is -4.25. The van der Waals surface area contributed by atoms with Crippen molar-refractivity contribution in [3.8, 4) is 33.5 Å². The Balaban J connectivity index is 1.32. The second-order valence-corrected chi connectivity index (χ2v) is 10.0. The molecule has 38 heavy (non-hydrogen) atoms. The van der Waals surface area contributed by atoms with Gasteiger partial charge in [-0.25, -0.2) is 9.67 Å². The van der Waals surface area contributed by atoms with Crippen molar-refractivity contribution in [2.75, 3.05) is 24.9 Å². The van der Waals surface area contributed by atoms with E-state index in [1.165, 1.54) is 42.9 Å². The maximum atomic E-state index is 13.0. The van der Waals surface area contributed by atoms with Crippen LogP contribution in [0.4, 0.5) is 11.4 Å². The Labute approximate surface area is 224 Å². The Morgan fingerprint density at radius 1 is 1.08 bits per heavy atom. The van der Waals surface area contributed by atoms with Crippen molar-refractivity contribution in [1.82, 2.24) is 19.7 Å². The minimum atomic E-state index is -0.356. The van der Waals surface area contributed by atoms with Crippen molar-refractivity contribution < 1.29 is 19.1 Å². The fourth-order valence-electron chi connectivity index (χ4n) is 4.31. The molecule has 196 valence electrons. The normalized spacial score (nSPS) is 13.0. The molecule has 5 rings (SSSR count). The molecule has 0 bridgehead atoms. The first-order valence-corrected chi connectivity index (χ1v) is 13.1. The van der Waals surface area contributed by atoms with Crippen molar-refractivity contribution in [2.24, 2.45) is 13.0 Å². The second-order valence-electron chi connectivity index (χ2n) is 9.10. The zero-order valence-electron chi connectivity index (χ0n) is 21.4. The van der Waals surface area contributed by atoms with E-state index in [0.29, 0.717) is 46.6 Å². The Bertz CT molecular complexity index is 1480. The molecule has 2 N–H and O–H groups in total. The van der Waals surface area contributed by atoms with Gasteiger partial charge in [-0.15, -0.1) is 11.3 Å². The lowest BCUT2D eigenvalue weighted by Crippen LogP contribution is -2.20. The van der Waals surface area contributed by atoms with Crippen LogP contribution in [0, 0.1) is 5.92 Å². The molecule has 11 heteroatoms. The van der Waals surface area contributed by atoms with E-state index in [4.69, 9.17) is 14.5 Å². The first-order valence-electron chi connectivity index (χ1n) is 12.2. The Morgan fingerprint density at radius 2 is 1.89 bits per heavy atom. The molecule has 1 aromatic carbocycles. The molecular formula is C27H28N6O4S. The summed E-state index contributed by atoms with van der Waals surface area (Å²) in [5, 5.41) is 11.8. The summed E-state index contributed by atoms with van der Waals surface area (Å²) >= 11 is 1.49. The van der Waals surface area contributed by atoms with Gasteiger partial charge in [0.05, 0.1) is 60.3 Å². The number of benzene rings is 1. The highest BCUT2D eigenvalue weighted by atomic mass is 32.1. The largest absolute Gasteiger partial charge is 0.496 e. The third-order valence-corrected chi connectivity index (χ3v) is 7.49. The summed E-state index contributed by atoms with van der Waals surface area (Å²) in [4.78, 5) is 35.3. The average molecular weight is 533 g/mol. The van der Waals surface area contributed by atoms with E-state index in [0.717, 1.165) is 29.0 Å². The molecule has 4 aromatic rings. The summed E-state index contributed by atoms with van der Waals surface area (Å²) in [5.74, 6) is 1.05. The summed E-state index contributed by atoms with van der Waals surface area (Å²) in [5.41, 5.74) is 3.65. The molecule has 10 nitrogen and oxygen atoms in total. The number of hydrogen-bond acceptors (Lipinski definition) is 8. The summed E-state index contributed by atoms with van der Waals surface area (Å²) in [6.45, 7) is 0. The number of rotatable bonds is 9. The van der Waals surface area contributed by atoms with Crippen LogP contribution in [0.15, 0.2) is 48.2 Å². The number of aryl methyl sites for hydroxylation is 1. The zero-order valence-corrected chi connectivity index (χ0v) is 22.2. The molecule has 0 spiro atoms. The average Bonchev–Trinajstić information content (AvgIpc) is 3.51. The minimum Gasteiger partial charge on any atom is -0.496 e. The molecule has 0 aliphatic heterocycles. The number of anilines is 2. The first-order chi connectivity index (χ1) is 18.4. The molecule has 0 atom stereocenters. The SMILES string of the molecule is COc1cc(-c2cncc(-c3cc(NC(=O)CC4CCC4)cs3)n2)ccc1C(=O)Nc1cnn(C)c1OC.